The summed E-state index contributed by atoms with van der Waals surface area (Å²) in [4.78, 5) is 25.4. The lowest BCUT2D eigenvalue weighted by Crippen LogP contribution is -2.50. The maximum Gasteiger partial charge on any atom is 0.410 e. The van der Waals surface area contributed by atoms with E-state index in [4.69, 9.17) is 4.74 Å². The third kappa shape index (κ3) is 6.75. The van der Waals surface area contributed by atoms with Gasteiger partial charge in [-0.15, -0.1) is 24.0 Å². The van der Waals surface area contributed by atoms with Crippen molar-refractivity contribution in [2.75, 3.05) is 33.2 Å². The van der Waals surface area contributed by atoms with Gasteiger partial charge in [-0.3, -0.25) is 4.99 Å². The van der Waals surface area contributed by atoms with Crippen LogP contribution in [0.1, 0.15) is 53.0 Å². The highest BCUT2D eigenvalue weighted by Gasteiger charge is 2.35. The first kappa shape index (κ1) is 24.7. The monoisotopic (exact) mass is 532 g/mol. The van der Waals surface area contributed by atoms with Gasteiger partial charge in [-0.25, -0.2) is 9.78 Å². The smallest absolute Gasteiger partial charge is 0.410 e. The highest BCUT2D eigenvalue weighted by molar-refractivity contribution is 14.0. The summed E-state index contributed by atoms with van der Waals surface area (Å²) in [6.07, 6.45) is 8.78. The van der Waals surface area contributed by atoms with E-state index in [2.05, 4.69) is 31.7 Å². The molecule has 0 spiro atoms. The lowest BCUT2D eigenvalue weighted by atomic mass is 9.93. The molecule has 2 heterocycles. The van der Waals surface area contributed by atoms with Gasteiger partial charge in [-0.2, -0.15) is 0 Å². The van der Waals surface area contributed by atoms with Crippen LogP contribution < -0.4 is 5.32 Å². The number of aliphatic imine (C=N–C) groups is 1. The van der Waals surface area contributed by atoms with Crippen molar-refractivity contribution in [3.8, 4) is 0 Å². The summed E-state index contributed by atoms with van der Waals surface area (Å²) in [7, 11) is 1.82. The van der Waals surface area contributed by atoms with Crippen molar-refractivity contribution in [2.24, 2.45) is 10.9 Å². The second-order valence-electron chi connectivity index (χ2n) is 9.17. The van der Waals surface area contributed by atoms with Gasteiger partial charge in [-0.05, 0) is 46.0 Å². The summed E-state index contributed by atoms with van der Waals surface area (Å²) >= 11 is 0. The number of nitrogens with one attached hydrogen (secondary N) is 1. The lowest BCUT2D eigenvalue weighted by molar-refractivity contribution is 0.0237. The van der Waals surface area contributed by atoms with Crippen LogP contribution in [0.5, 0.6) is 0 Å². The Morgan fingerprint density at radius 2 is 2.07 bits per heavy atom. The molecule has 1 aliphatic heterocycles. The number of carbonyl (C=O) groups is 1. The zero-order valence-electron chi connectivity index (χ0n) is 18.9. The van der Waals surface area contributed by atoms with Crippen LogP contribution in [0.2, 0.25) is 0 Å². The van der Waals surface area contributed by atoms with E-state index in [9.17, 15) is 4.79 Å². The first-order chi connectivity index (χ1) is 13.8. The van der Waals surface area contributed by atoms with Gasteiger partial charge >= 0.3 is 6.09 Å². The molecule has 1 amide bonds. The molecule has 1 saturated heterocycles. The van der Waals surface area contributed by atoms with Gasteiger partial charge in [0.2, 0.25) is 0 Å². The number of likely N-dealkylation sites (tertiary alicyclic amines) is 1. The predicted octanol–water partition coefficient (Wildman–Crippen LogP) is 3.36. The predicted molar refractivity (Wildman–Crippen MR) is 129 cm³/mol. The third-order valence-electron chi connectivity index (χ3n) is 5.59. The molecule has 0 aromatic carbocycles. The number of hydrogen-bond acceptors (Lipinski definition) is 4. The number of rotatable bonds is 5. The molecule has 3 rings (SSSR count). The average Bonchev–Trinajstić information content (AvgIpc) is 3.34. The van der Waals surface area contributed by atoms with E-state index >= 15 is 0 Å². The van der Waals surface area contributed by atoms with E-state index in [1.54, 1.807) is 0 Å². The second kappa shape index (κ2) is 10.7. The van der Waals surface area contributed by atoms with Crippen LogP contribution in [-0.4, -0.2) is 76.3 Å². The zero-order valence-corrected chi connectivity index (χ0v) is 21.2. The molecule has 30 heavy (non-hydrogen) atoms. The number of imidazole rings is 1. The molecule has 1 N–H and O–H groups in total. The summed E-state index contributed by atoms with van der Waals surface area (Å²) in [5.41, 5.74) is -0.472. The molecular weight excluding hydrogens is 495 g/mol. The molecule has 0 bridgehead atoms. The first-order valence-corrected chi connectivity index (χ1v) is 10.7. The summed E-state index contributed by atoms with van der Waals surface area (Å²) in [6.45, 7) is 11.2. The molecule has 1 aliphatic carbocycles. The van der Waals surface area contributed by atoms with Gasteiger partial charge in [0, 0.05) is 51.7 Å². The van der Waals surface area contributed by atoms with Crippen molar-refractivity contribution in [3.05, 3.63) is 18.7 Å². The van der Waals surface area contributed by atoms with E-state index in [0.717, 1.165) is 38.3 Å². The molecule has 2 atom stereocenters. The number of aromatic nitrogens is 2. The molecule has 2 fully saturated rings. The van der Waals surface area contributed by atoms with Crippen LogP contribution in [0.25, 0.3) is 0 Å². The summed E-state index contributed by atoms with van der Waals surface area (Å²) in [6, 6.07) is 0.699. The fourth-order valence-electron chi connectivity index (χ4n) is 3.85. The first-order valence-electron chi connectivity index (χ1n) is 10.7. The largest absolute Gasteiger partial charge is 0.444 e. The SMILES string of the molecule is CN=C(NCCN(C(=O)OC(C)(C)C)C1CC1)N1CCC(C)C(n2ccnc2)C1.I. The van der Waals surface area contributed by atoms with Gasteiger partial charge in [0.1, 0.15) is 5.60 Å². The number of halogens is 1. The van der Waals surface area contributed by atoms with Crippen molar-refractivity contribution < 1.29 is 9.53 Å². The number of carbonyl (C=O) groups excluding carboxylic acids is 1. The maximum atomic E-state index is 12.5. The molecule has 170 valence electrons. The topological polar surface area (TPSA) is 75.0 Å². The van der Waals surface area contributed by atoms with E-state index in [1.165, 1.54) is 0 Å². The van der Waals surface area contributed by atoms with Crippen molar-refractivity contribution >= 4 is 36.0 Å². The van der Waals surface area contributed by atoms with Crippen molar-refractivity contribution in [3.63, 3.8) is 0 Å². The maximum absolute atomic E-state index is 12.5. The van der Waals surface area contributed by atoms with Crippen molar-refractivity contribution in [1.29, 1.82) is 0 Å². The standard InChI is InChI=1S/C21H36N6O2.HI/c1-16-8-11-25(14-18(16)26-12-9-23-15-26)19(22-5)24-10-13-27(17-6-7-17)20(28)29-21(2,3)4;/h9,12,15-18H,6-8,10-11,13-14H2,1-5H3,(H,22,24);1H. The number of ether oxygens (including phenoxy) is 1. The minimum atomic E-state index is -0.472. The van der Waals surface area contributed by atoms with Crippen molar-refractivity contribution in [1.82, 2.24) is 24.7 Å². The van der Waals surface area contributed by atoms with E-state index < -0.39 is 5.60 Å². The molecule has 2 unspecified atom stereocenters. The fourth-order valence-corrected chi connectivity index (χ4v) is 3.85. The highest BCUT2D eigenvalue weighted by Crippen LogP contribution is 2.29. The summed E-state index contributed by atoms with van der Waals surface area (Å²) in [5, 5.41) is 3.45. The van der Waals surface area contributed by atoms with E-state index in [-0.39, 0.29) is 30.1 Å². The zero-order chi connectivity index (χ0) is 21.0. The fraction of sp³-hybridized carbons (Fsp3) is 0.762. The van der Waals surface area contributed by atoms with Gasteiger partial charge in [0.15, 0.2) is 5.96 Å². The summed E-state index contributed by atoms with van der Waals surface area (Å²) in [5.74, 6) is 1.48. The minimum absolute atomic E-state index is 0. The van der Waals surface area contributed by atoms with Crippen LogP contribution >= 0.6 is 24.0 Å². The van der Waals surface area contributed by atoms with Crippen LogP contribution in [0, 0.1) is 5.92 Å². The third-order valence-corrected chi connectivity index (χ3v) is 5.59. The Balaban J connectivity index is 0.00000320. The molecule has 1 aromatic heterocycles. The van der Waals surface area contributed by atoms with Crippen LogP contribution in [0.3, 0.4) is 0 Å². The van der Waals surface area contributed by atoms with Gasteiger partial charge in [0.05, 0.1) is 12.4 Å². The molecule has 2 aliphatic rings. The van der Waals surface area contributed by atoms with Crippen LogP contribution in [0.15, 0.2) is 23.7 Å². The number of nitrogens with zero attached hydrogens (tertiary/aromatic N) is 5. The van der Waals surface area contributed by atoms with Crippen LogP contribution in [0.4, 0.5) is 4.79 Å². The van der Waals surface area contributed by atoms with Gasteiger partial charge in [-0.1, -0.05) is 6.92 Å². The molecule has 1 saturated carbocycles. The van der Waals surface area contributed by atoms with Crippen LogP contribution in [-0.2, 0) is 4.74 Å². The number of amides is 1. The molecule has 9 heteroatoms. The number of piperidine rings is 1. The molecule has 1 aromatic rings. The van der Waals surface area contributed by atoms with E-state index in [0.29, 0.717) is 31.1 Å². The lowest BCUT2D eigenvalue weighted by Gasteiger charge is -2.39. The molecular formula is C21H37IN6O2. The Hall–Kier alpha value is -1.52. The van der Waals surface area contributed by atoms with Gasteiger partial charge < -0.3 is 24.4 Å². The average molecular weight is 532 g/mol. The summed E-state index contributed by atoms with van der Waals surface area (Å²) < 4.78 is 7.77. The quantitative estimate of drug-likeness (QED) is 0.358. The Morgan fingerprint density at radius 1 is 1.33 bits per heavy atom. The normalized spacial score (nSPS) is 22.3. The molecule has 0 radical (unpaired) electrons. The minimum Gasteiger partial charge on any atom is -0.444 e. The Morgan fingerprint density at radius 3 is 2.63 bits per heavy atom. The Kier molecular flexibility index (Phi) is 8.81. The highest BCUT2D eigenvalue weighted by atomic mass is 127. The number of guanidine groups is 1. The van der Waals surface area contributed by atoms with E-state index in [1.807, 2.05) is 51.4 Å². The second-order valence-corrected chi connectivity index (χ2v) is 9.17. The molecule has 8 nitrogen and oxygen atoms in total. The number of hydrogen-bond donors (Lipinski definition) is 1. The van der Waals surface area contributed by atoms with Gasteiger partial charge in [0.25, 0.3) is 0 Å². The van der Waals surface area contributed by atoms with Crippen molar-refractivity contribution in [2.45, 2.75) is 64.6 Å². The Labute approximate surface area is 197 Å². The Bertz CT molecular complexity index is 699.